The molecule has 0 aliphatic carbocycles. The minimum atomic E-state index is -0.757. The lowest BCUT2D eigenvalue weighted by Gasteiger charge is -2.02. The Balaban J connectivity index is 2.70. The largest absolute Gasteiger partial charge is 0.332 e. The number of anilines is 1. The first-order valence-electron chi connectivity index (χ1n) is 3.44. The zero-order valence-corrected chi connectivity index (χ0v) is 6.54. The van der Waals surface area contributed by atoms with Crippen molar-refractivity contribution in [1.82, 2.24) is 5.32 Å². The lowest BCUT2D eigenvalue weighted by Crippen LogP contribution is -2.24. The predicted octanol–water partition coefficient (Wildman–Crippen LogP) is 1.43. The second kappa shape index (κ2) is 4.07. The summed E-state index contributed by atoms with van der Waals surface area (Å²) < 4.78 is 12.9. The number of hydrogen-bond acceptors (Lipinski definition) is 2. The number of carbonyl (C=O) groups excluding carboxylic acids is 1. The van der Waals surface area contributed by atoms with Crippen molar-refractivity contribution < 1.29 is 9.18 Å². The van der Waals surface area contributed by atoms with Gasteiger partial charge < -0.3 is 5.32 Å². The molecule has 0 aromatic heterocycles. The molecule has 1 aromatic carbocycles. The third kappa shape index (κ3) is 2.45. The molecule has 0 bridgehead atoms. The molecule has 4 nitrogen and oxygen atoms in total. The number of benzene rings is 1. The second-order valence-electron chi connectivity index (χ2n) is 2.17. The van der Waals surface area contributed by atoms with Crippen molar-refractivity contribution in [2.75, 3.05) is 5.32 Å². The van der Waals surface area contributed by atoms with E-state index in [2.05, 4.69) is 5.32 Å². The molecule has 13 heavy (non-hydrogen) atoms. The Morgan fingerprint density at radius 1 is 1.46 bits per heavy atom. The Labute approximate surface area is 74.0 Å². The maximum atomic E-state index is 12.9. The molecule has 0 saturated heterocycles. The van der Waals surface area contributed by atoms with Crippen LogP contribution < -0.4 is 10.6 Å². The molecule has 2 amide bonds. The highest BCUT2D eigenvalue weighted by Crippen LogP contribution is 2.11. The van der Waals surface area contributed by atoms with Gasteiger partial charge in [-0.1, -0.05) is 12.1 Å². The monoisotopic (exact) mass is 179 g/mol. The number of rotatable bonds is 1. The van der Waals surface area contributed by atoms with Crippen LogP contribution >= 0.6 is 0 Å². The highest BCUT2D eigenvalue weighted by molar-refractivity contribution is 5.90. The first-order chi connectivity index (χ1) is 6.24. The molecule has 0 atom stereocenters. The van der Waals surface area contributed by atoms with Gasteiger partial charge in [0.2, 0.25) is 0 Å². The third-order valence-corrected chi connectivity index (χ3v) is 1.29. The van der Waals surface area contributed by atoms with Gasteiger partial charge in [0.25, 0.3) is 0 Å². The minimum absolute atomic E-state index is 0.0373. The summed E-state index contributed by atoms with van der Waals surface area (Å²) in [5, 5.41) is 12.0. The summed E-state index contributed by atoms with van der Waals surface area (Å²) in [5.74, 6) is -0.546. The molecule has 0 unspecified atom stereocenters. The van der Waals surface area contributed by atoms with Crippen LogP contribution in [0.3, 0.4) is 0 Å². The molecule has 1 rings (SSSR count). The van der Waals surface area contributed by atoms with Crippen LogP contribution in [0.2, 0.25) is 0 Å². The van der Waals surface area contributed by atoms with Gasteiger partial charge in [0, 0.05) is 0 Å². The van der Waals surface area contributed by atoms with E-state index in [0.717, 1.165) is 0 Å². The predicted molar refractivity (Wildman–Crippen MR) is 44.2 cm³/mol. The Bertz CT molecular complexity index is 359. The second-order valence-corrected chi connectivity index (χ2v) is 2.17. The van der Waals surface area contributed by atoms with Crippen molar-refractivity contribution >= 4 is 11.7 Å². The van der Waals surface area contributed by atoms with Gasteiger partial charge in [-0.25, -0.2) is 14.5 Å². The molecule has 1 aromatic rings. The van der Waals surface area contributed by atoms with E-state index in [1.54, 1.807) is 6.07 Å². The van der Waals surface area contributed by atoms with E-state index in [4.69, 9.17) is 5.26 Å². The summed E-state index contributed by atoms with van der Waals surface area (Å²) in [6.45, 7) is 0. The number of hydrogen-bond donors (Lipinski definition) is 2. The number of nitrogens with one attached hydrogen (secondary N) is 2. The van der Waals surface area contributed by atoms with Gasteiger partial charge >= 0.3 is 6.03 Å². The van der Waals surface area contributed by atoms with Crippen molar-refractivity contribution in [2.45, 2.75) is 0 Å². The van der Waals surface area contributed by atoms with Crippen molar-refractivity contribution in [3.8, 4) is 6.19 Å². The number of amides is 2. The molecule has 5 heteroatoms. The van der Waals surface area contributed by atoms with Gasteiger partial charge in [-0.3, -0.25) is 0 Å². The normalized spacial score (nSPS) is 8.62. The average Bonchev–Trinajstić information content (AvgIpc) is 2.09. The van der Waals surface area contributed by atoms with E-state index in [1.165, 1.54) is 24.4 Å². The molecule has 0 fully saturated rings. The van der Waals surface area contributed by atoms with Crippen molar-refractivity contribution in [2.24, 2.45) is 0 Å². The van der Waals surface area contributed by atoms with Crippen LogP contribution in [0.5, 0.6) is 0 Å². The molecule has 0 aliphatic rings. The fourth-order valence-corrected chi connectivity index (χ4v) is 0.767. The van der Waals surface area contributed by atoms with E-state index in [-0.39, 0.29) is 5.69 Å². The van der Waals surface area contributed by atoms with Crippen LogP contribution in [0.1, 0.15) is 0 Å². The van der Waals surface area contributed by atoms with E-state index in [9.17, 15) is 9.18 Å². The van der Waals surface area contributed by atoms with Crippen LogP contribution in [0, 0.1) is 17.3 Å². The number of urea groups is 1. The molecular weight excluding hydrogens is 173 g/mol. The summed E-state index contributed by atoms with van der Waals surface area (Å²) in [5.41, 5.74) is 0.0373. The fraction of sp³-hybridized carbons (Fsp3) is 0. The minimum Gasteiger partial charge on any atom is -0.304 e. The van der Waals surface area contributed by atoms with Crippen LogP contribution in [0.25, 0.3) is 0 Å². The first-order valence-corrected chi connectivity index (χ1v) is 3.44. The van der Waals surface area contributed by atoms with Crippen molar-refractivity contribution in [3.63, 3.8) is 0 Å². The molecular formula is C8H6FN3O. The Morgan fingerprint density at radius 2 is 2.15 bits per heavy atom. The average molecular weight is 179 g/mol. The van der Waals surface area contributed by atoms with Crippen molar-refractivity contribution in [1.29, 1.82) is 5.26 Å². The first kappa shape index (κ1) is 9.00. The quantitative estimate of drug-likeness (QED) is 0.506. The zero-order chi connectivity index (χ0) is 9.68. The van der Waals surface area contributed by atoms with Gasteiger partial charge in [-0.05, 0) is 12.1 Å². The summed E-state index contributed by atoms with van der Waals surface area (Å²) in [4.78, 5) is 10.8. The lowest BCUT2D eigenvalue weighted by molar-refractivity contribution is 0.255. The third-order valence-electron chi connectivity index (χ3n) is 1.29. The molecule has 0 aliphatic heterocycles. The van der Waals surface area contributed by atoms with Crippen molar-refractivity contribution in [3.05, 3.63) is 30.1 Å². The standard InChI is InChI=1S/C8H6FN3O/c9-6-3-1-2-4-7(6)12-8(13)11-5-10/h1-4H,(H2,11,12,13). The molecule has 0 saturated carbocycles. The molecule has 66 valence electrons. The maximum Gasteiger partial charge on any atom is 0.332 e. The van der Waals surface area contributed by atoms with Crippen LogP contribution in [-0.2, 0) is 0 Å². The van der Waals surface area contributed by atoms with Gasteiger partial charge in [-0.2, -0.15) is 5.26 Å². The van der Waals surface area contributed by atoms with Gasteiger partial charge in [0.15, 0.2) is 6.19 Å². The van der Waals surface area contributed by atoms with E-state index >= 15 is 0 Å². The SMILES string of the molecule is N#CNC(=O)Nc1ccccc1F. The molecule has 0 spiro atoms. The zero-order valence-electron chi connectivity index (χ0n) is 6.54. The molecule has 0 radical (unpaired) electrons. The summed E-state index contributed by atoms with van der Waals surface area (Å²) >= 11 is 0. The Hall–Kier alpha value is -2.09. The maximum absolute atomic E-state index is 12.9. The van der Waals surface area contributed by atoms with Gasteiger partial charge in [0.1, 0.15) is 5.82 Å². The van der Waals surface area contributed by atoms with Crippen LogP contribution in [0.15, 0.2) is 24.3 Å². The van der Waals surface area contributed by atoms with Crippen LogP contribution in [0.4, 0.5) is 14.9 Å². The summed E-state index contributed by atoms with van der Waals surface area (Å²) in [6, 6.07) is 4.93. The Kier molecular flexibility index (Phi) is 2.82. The van der Waals surface area contributed by atoms with Gasteiger partial charge in [-0.15, -0.1) is 0 Å². The smallest absolute Gasteiger partial charge is 0.304 e. The summed E-state index contributed by atoms with van der Waals surface area (Å²) in [6.07, 6.45) is 1.42. The molecule has 0 heterocycles. The lowest BCUT2D eigenvalue weighted by atomic mass is 10.3. The van der Waals surface area contributed by atoms with E-state index in [0.29, 0.717) is 0 Å². The number of halogens is 1. The van der Waals surface area contributed by atoms with Gasteiger partial charge in [0.05, 0.1) is 5.69 Å². The number of nitriles is 1. The van der Waals surface area contributed by atoms with E-state index < -0.39 is 11.8 Å². The highest BCUT2D eigenvalue weighted by Gasteiger charge is 2.03. The molecule has 2 N–H and O–H groups in total. The Morgan fingerprint density at radius 3 is 2.77 bits per heavy atom. The summed E-state index contributed by atoms with van der Waals surface area (Å²) in [7, 11) is 0. The van der Waals surface area contributed by atoms with E-state index in [1.807, 2.05) is 5.32 Å². The fourth-order valence-electron chi connectivity index (χ4n) is 0.767. The highest BCUT2D eigenvalue weighted by atomic mass is 19.1. The number of para-hydroxylation sites is 1. The number of carbonyl (C=O) groups is 1. The van der Waals surface area contributed by atoms with Crippen LogP contribution in [-0.4, -0.2) is 6.03 Å². The topological polar surface area (TPSA) is 64.9 Å². The number of nitrogens with zero attached hydrogens (tertiary/aromatic N) is 1.